The molecule has 0 unspecified atom stereocenters. The van der Waals surface area contributed by atoms with Gasteiger partial charge in [0.1, 0.15) is 5.82 Å². The largest absolute Gasteiger partial charge is 0.454 e. The van der Waals surface area contributed by atoms with Gasteiger partial charge in [0, 0.05) is 18.0 Å². The van der Waals surface area contributed by atoms with Crippen molar-refractivity contribution in [1.82, 2.24) is 4.98 Å². The van der Waals surface area contributed by atoms with E-state index in [1.807, 2.05) is 6.92 Å². The summed E-state index contributed by atoms with van der Waals surface area (Å²) in [5.41, 5.74) is 1.00. The van der Waals surface area contributed by atoms with Crippen LogP contribution < -0.4 is 5.32 Å². The maximum absolute atomic E-state index is 12.0. The normalized spacial score (nSPS) is 12.4. The molecule has 3 nitrogen and oxygen atoms in total. The van der Waals surface area contributed by atoms with Crippen molar-refractivity contribution < 1.29 is 18.0 Å². The Balaban J connectivity index is 2.76. The van der Waals surface area contributed by atoms with E-state index in [1.54, 1.807) is 12.1 Å². The van der Waals surface area contributed by atoms with Crippen LogP contribution in [0.15, 0.2) is 30.1 Å². The van der Waals surface area contributed by atoms with Gasteiger partial charge < -0.3 is 5.32 Å². The number of carbonyl (C=O) groups is 1. The lowest BCUT2D eigenvalue weighted by atomic mass is 10.3. The molecule has 1 aromatic rings. The first kappa shape index (κ1) is 13.2. The average Bonchev–Trinajstić information content (AvgIpc) is 2.15. The highest BCUT2D eigenvalue weighted by Crippen LogP contribution is 2.17. The SMILES string of the molecule is C/C(=C/C(=O)C(F)(F)F)Nc1cc(C)ccn1. The number of carbonyl (C=O) groups excluding carboxylic acids is 1. The van der Waals surface area contributed by atoms with Crippen LogP contribution in [0.1, 0.15) is 12.5 Å². The van der Waals surface area contributed by atoms with Gasteiger partial charge in [-0.1, -0.05) is 0 Å². The summed E-state index contributed by atoms with van der Waals surface area (Å²) in [6, 6.07) is 3.42. The zero-order valence-corrected chi connectivity index (χ0v) is 9.30. The number of hydrogen-bond acceptors (Lipinski definition) is 3. The molecule has 1 heterocycles. The van der Waals surface area contributed by atoms with E-state index in [-0.39, 0.29) is 5.70 Å². The van der Waals surface area contributed by atoms with Gasteiger partial charge in [0.2, 0.25) is 0 Å². The average molecular weight is 244 g/mol. The topological polar surface area (TPSA) is 42.0 Å². The van der Waals surface area contributed by atoms with E-state index in [9.17, 15) is 18.0 Å². The number of pyridine rings is 1. The molecule has 0 atom stereocenters. The number of aromatic nitrogens is 1. The quantitative estimate of drug-likeness (QED) is 0.831. The smallest absolute Gasteiger partial charge is 0.344 e. The summed E-state index contributed by atoms with van der Waals surface area (Å²) in [5, 5.41) is 2.61. The number of rotatable bonds is 3. The molecule has 1 N–H and O–H groups in total. The molecule has 17 heavy (non-hydrogen) atoms. The van der Waals surface area contributed by atoms with Crippen molar-refractivity contribution in [2.24, 2.45) is 0 Å². The van der Waals surface area contributed by atoms with Crippen LogP contribution in [0.3, 0.4) is 0 Å². The second-order valence-corrected chi connectivity index (χ2v) is 3.53. The van der Waals surface area contributed by atoms with Gasteiger partial charge in [-0.05, 0) is 31.5 Å². The minimum absolute atomic E-state index is 0.0884. The highest BCUT2D eigenvalue weighted by molar-refractivity contribution is 5.95. The monoisotopic (exact) mass is 244 g/mol. The predicted octanol–water partition coefficient (Wildman–Crippen LogP) is 2.84. The second kappa shape index (κ2) is 4.99. The molecule has 0 aliphatic rings. The molecular weight excluding hydrogens is 233 g/mol. The van der Waals surface area contributed by atoms with Crippen LogP contribution >= 0.6 is 0 Å². The molecule has 0 aromatic carbocycles. The molecule has 0 spiro atoms. The number of halogens is 3. The van der Waals surface area contributed by atoms with Gasteiger partial charge in [0.05, 0.1) is 0 Å². The number of allylic oxidation sites excluding steroid dienone is 2. The molecule has 0 fully saturated rings. The summed E-state index contributed by atoms with van der Waals surface area (Å²) < 4.78 is 35.9. The van der Waals surface area contributed by atoms with Crippen molar-refractivity contribution >= 4 is 11.6 Å². The molecule has 0 aliphatic carbocycles. The van der Waals surface area contributed by atoms with Crippen LogP contribution in [-0.2, 0) is 4.79 Å². The van der Waals surface area contributed by atoms with Crippen molar-refractivity contribution in [2.75, 3.05) is 5.32 Å². The molecule has 0 aliphatic heterocycles. The van der Waals surface area contributed by atoms with E-state index in [2.05, 4.69) is 10.3 Å². The minimum Gasteiger partial charge on any atom is -0.344 e. The Morgan fingerprint density at radius 1 is 1.47 bits per heavy atom. The first-order valence-electron chi connectivity index (χ1n) is 4.78. The highest BCUT2D eigenvalue weighted by atomic mass is 19.4. The van der Waals surface area contributed by atoms with Crippen LogP contribution in [0.2, 0.25) is 0 Å². The lowest BCUT2D eigenvalue weighted by Gasteiger charge is -2.07. The van der Waals surface area contributed by atoms with E-state index >= 15 is 0 Å². The Morgan fingerprint density at radius 2 is 2.12 bits per heavy atom. The number of hydrogen-bond donors (Lipinski definition) is 1. The number of aryl methyl sites for hydroxylation is 1. The van der Waals surface area contributed by atoms with Gasteiger partial charge >= 0.3 is 6.18 Å². The fourth-order valence-electron chi connectivity index (χ4n) is 1.12. The Labute approximate surface area is 96.4 Å². The van der Waals surface area contributed by atoms with Crippen molar-refractivity contribution in [1.29, 1.82) is 0 Å². The van der Waals surface area contributed by atoms with Crippen molar-refractivity contribution in [3.05, 3.63) is 35.7 Å². The van der Waals surface area contributed by atoms with Crippen molar-refractivity contribution in [2.45, 2.75) is 20.0 Å². The summed E-state index contributed by atoms with van der Waals surface area (Å²) in [6.07, 6.45) is -2.82. The van der Waals surface area contributed by atoms with Crippen LogP contribution in [0.5, 0.6) is 0 Å². The molecule has 0 saturated heterocycles. The van der Waals surface area contributed by atoms with E-state index < -0.39 is 12.0 Å². The van der Waals surface area contributed by atoms with Crippen molar-refractivity contribution in [3.8, 4) is 0 Å². The van der Waals surface area contributed by atoms with Crippen molar-refractivity contribution in [3.63, 3.8) is 0 Å². The maximum Gasteiger partial charge on any atom is 0.454 e. The van der Waals surface area contributed by atoms with Gasteiger partial charge in [-0.3, -0.25) is 4.79 Å². The van der Waals surface area contributed by atoms with Gasteiger partial charge in [-0.15, -0.1) is 0 Å². The molecule has 92 valence electrons. The lowest BCUT2D eigenvalue weighted by Crippen LogP contribution is -2.21. The second-order valence-electron chi connectivity index (χ2n) is 3.53. The molecule has 6 heteroatoms. The Hall–Kier alpha value is -1.85. The summed E-state index contributed by atoms with van der Waals surface area (Å²) in [6.45, 7) is 3.19. The van der Waals surface area contributed by atoms with Crippen LogP contribution in [-0.4, -0.2) is 16.9 Å². The number of ketones is 1. The summed E-state index contributed by atoms with van der Waals surface area (Å²) >= 11 is 0. The maximum atomic E-state index is 12.0. The van der Waals surface area contributed by atoms with Crippen LogP contribution in [0.25, 0.3) is 0 Å². The van der Waals surface area contributed by atoms with Gasteiger partial charge in [-0.25, -0.2) is 4.98 Å². The molecule has 0 radical (unpaired) electrons. The fraction of sp³-hybridized carbons (Fsp3) is 0.273. The zero-order valence-electron chi connectivity index (χ0n) is 9.30. The molecule has 0 bridgehead atoms. The third-order valence-electron chi connectivity index (χ3n) is 1.87. The molecule has 1 aromatic heterocycles. The van der Waals surface area contributed by atoms with E-state index in [4.69, 9.17) is 0 Å². The van der Waals surface area contributed by atoms with Crippen LogP contribution in [0, 0.1) is 6.92 Å². The van der Waals surface area contributed by atoms with Gasteiger partial charge in [0.15, 0.2) is 0 Å². The first-order valence-corrected chi connectivity index (χ1v) is 4.78. The van der Waals surface area contributed by atoms with Gasteiger partial charge in [0.25, 0.3) is 5.78 Å². The summed E-state index contributed by atoms with van der Waals surface area (Å²) in [4.78, 5) is 14.6. The first-order chi connectivity index (χ1) is 7.79. The standard InChI is InChI=1S/C11H11F3N2O/c1-7-3-4-15-10(5-7)16-8(2)6-9(17)11(12,13)14/h3-6H,1-2H3,(H,15,16)/b8-6-. The fourth-order valence-corrected chi connectivity index (χ4v) is 1.12. The Morgan fingerprint density at radius 3 is 2.65 bits per heavy atom. The summed E-state index contributed by atoms with van der Waals surface area (Å²) in [5.74, 6) is -1.50. The zero-order chi connectivity index (χ0) is 13.1. The molecule has 0 amide bonds. The molecule has 1 rings (SSSR count). The number of alkyl halides is 3. The Bertz CT molecular complexity index is 452. The molecular formula is C11H11F3N2O. The summed E-state index contributed by atoms with van der Waals surface area (Å²) in [7, 11) is 0. The number of nitrogens with one attached hydrogen (secondary N) is 1. The van der Waals surface area contributed by atoms with E-state index in [0.717, 1.165) is 5.56 Å². The Kier molecular flexibility index (Phi) is 3.88. The third-order valence-corrected chi connectivity index (χ3v) is 1.87. The number of anilines is 1. The van der Waals surface area contributed by atoms with E-state index in [1.165, 1.54) is 13.1 Å². The predicted molar refractivity (Wildman–Crippen MR) is 57.4 cm³/mol. The lowest BCUT2D eigenvalue weighted by molar-refractivity contribution is -0.165. The number of nitrogens with zero attached hydrogens (tertiary/aromatic N) is 1. The highest BCUT2D eigenvalue weighted by Gasteiger charge is 2.36. The van der Waals surface area contributed by atoms with Gasteiger partial charge in [-0.2, -0.15) is 13.2 Å². The van der Waals surface area contributed by atoms with Crippen LogP contribution in [0.4, 0.5) is 19.0 Å². The van der Waals surface area contributed by atoms with E-state index in [0.29, 0.717) is 11.9 Å². The molecule has 0 saturated carbocycles. The minimum atomic E-state index is -4.84. The third kappa shape index (κ3) is 4.26.